The van der Waals surface area contributed by atoms with Crippen molar-refractivity contribution in [3.05, 3.63) is 83.5 Å². The number of benzene rings is 2. The number of aromatic nitrogens is 2. The molecule has 1 N–H and O–H groups in total. The van der Waals surface area contributed by atoms with Gasteiger partial charge in [-0.05, 0) is 38.1 Å². The van der Waals surface area contributed by atoms with Crippen molar-refractivity contribution in [3.8, 4) is 11.5 Å². The monoisotopic (exact) mass is 431 g/mol. The zero-order valence-electron chi connectivity index (χ0n) is 18.3. The van der Waals surface area contributed by atoms with E-state index in [1.165, 1.54) is 0 Å². The van der Waals surface area contributed by atoms with Gasteiger partial charge in [0.15, 0.2) is 11.5 Å². The van der Waals surface area contributed by atoms with Gasteiger partial charge < -0.3 is 19.3 Å². The smallest absolute Gasteiger partial charge is 0.273 e. The SMILES string of the molecule is COc1ccc(OCc2cc(C(=O)N[C@H](C)Cc3cccc(C)n3)no2)c2ccccc12. The van der Waals surface area contributed by atoms with Crippen LogP contribution in [0.25, 0.3) is 10.8 Å². The molecule has 0 radical (unpaired) electrons. The van der Waals surface area contributed by atoms with Crippen molar-refractivity contribution in [1.29, 1.82) is 0 Å². The summed E-state index contributed by atoms with van der Waals surface area (Å²) in [5.74, 6) is 1.64. The lowest BCUT2D eigenvalue weighted by atomic mass is 10.1. The Morgan fingerprint density at radius 1 is 1.06 bits per heavy atom. The van der Waals surface area contributed by atoms with Gasteiger partial charge in [-0.1, -0.05) is 35.5 Å². The van der Waals surface area contributed by atoms with Crippen LogP contribution in [0.1, 0.15) is 34.6 Å². The molecular weight excluding hydrogens is 406 g/mol. The standard InChI is InChI=1S/C25H25N3O4/c1-16-7-6-8-18(26-16)13-17(2)27-25(29)22-14-19(32-28-22)15-31-24-12-11-23(30-3)20-9-4-5-10-21(20)24/h4-12,14,17H,13,15H2,1-3H3,(H,27,29)/t17-/m1/s1. The summed E-state index contributed by atoms with van der Waals surface area (Å²) in [5.41, 5.74) is 2.10. The first-order valence-electron chi connectivity index (χ1n) is 10.4. The van der Waals surface area contributed by atoms with Gasteiger partial charge in [0.2, 0.25) is 0 Å². The van der Waals surface area contributed by atoms with Crippen molar-refractivity contribution in [2.45, 2.75) is 32.9 Å². The highest BCUT2D eigenvalue weighted by Gasteiger charge is 2.16. The molecule has 32 heavy (non-hydrogen) atoms. The maximum absolute atomic E-state index is 12.5. The predicted octanol–water partition coefficient (Wildman–Crippen LogP) is 4.48. The van der Waals surface area contributed by atoms with Gasteiger partial charge >= 0.3 is 0 Å². The summed E-state index contributed by atoms with van der Waals surface area (Å²) in [5, 5.41) is 8.72. The van der Waals surface area contributed by atoms with Crippen LogP contribution in [0.2, 0.25) is 0 Å². The molecule has 0 aliphatic rings. The van der Waals surface area contributed by atoms with Crippen LogP contribution < -0.4 is 14.8 Å². The molecule has 164 valence electrons. The Bertz CT molecular complexity index is 1230. The summed E-state index contributed by atoms with van der Waals surface area (Å²) >= 11 is 0. The van der Waals surface area contributed by atoms with Crippen molar-refractivity contribution in [3.63, 3.8) is 0 Å². The summed E-state index contributed by atoms with van der Waals surface area (Å²) in [7, 11) is 1.64. The lowest BCUT2D eigenvalue weighted by Gasteiger charge is -2.12. The largest absolute Gasteiger partial charge is 0.496 e. The molecule has 1 atom stereocenters. The molecule has 7 nitrogen and oxygen atoms in total. The third-order valence-electron chi connectivity index (χ3n) is 5.06. The predicted molar refractivity (Wildman–Crippen MR) is 121 cm³/mol. The lowest BCUT2D eigenvalue weighted by molar-refractivity contribution is 0.0930. The van der Waals surface area contributed by atoms with Crippen LogP contribution in [0.3, 0.4) is 0 Å². The summed E-state index contributed by atoms with van der Waals surface area (Å²) in [6, 6.07) is 18.9. The Labute approximate surface area is 186 Å². The fourth-order valence-corrected chi connectivity index (χ4v) is 3.56. The van der Waals surface area contributed by atoms with Gasteiger partial charge in [0.1, 0.15) is 18.1 Å². The zero-order valence-corrected chi connectivity index (χ0v) is 18.3. The number of nitrogens with zero attached hydrogens (tertiary/aromatic N) is 2. The molecule has 0 aliphatic carbocycles. The number of hydrogen-bond acceptors (Lipinski definition) is 6. The molecule has 1 amide bonds. The number of methoxy groups -OCH3 is 1. The average molecular weight is 431 g/mol. The molecule has 0 spiro atoms. The number of pyridine rings is 1. The first kappa shape index (κ1) is 21.4. The normalized spacial score (nSPS) is 11.8. The van der Waals surface area contributed by atoms with Gasteiger partial charge in [-0.3, -0.25) is 9.78 Å². The first-order valence-corrected chi connectivity index (χ1v) is 10.4. The second-order valence-corrected chi connectivity index (χ2v) is 7.63. The molecule has 0 saturated heterocycles. The minimum Gasteiger partial charge on any atom is -0.496 e. The maximum atomic E-state index is 12.5. The van der Waals surface area contributed by atoms with Crippen LogP contribution in [-0.2, 0) is 13.0 Å². The number of aryl methyl sites for hydroxylation is 1. The van der Waals surface area contributed by atoms with Crippen LogP contribution in [0.4, 0.5) is 0 Å². The second-order valence-electron chi connectivity index (χ2n) is 7.63. The molecule has 4 rings (SSSR count). The number of ether oxygens (including phenoxy) is 2. The minimum atomic E-state index is -0.296. The van der Waals surface area contributed by atoms with Crippen LogP contribution >= 0.6 is 0 Å². The van der Waals surface area contributed by atoms with Crippen molar-refractivity contribution in [2.75, 3.05) is 7.11 Å². The molecule has 0 unspecified atom stereocenters. The number of rotatable bonds is 8. The molecule has 4 aromatic rings. The molecule has 2 aromatic carbocycles. The van der Waals surface area contributed by atoms with Crippen LogP contribution in [0.15, 0.2) is 65.2 Å². The van der Waals surface area contributed by atoms with Crippen molar-refractivity contribution in [2.24, 2.45) is 0 Å². The molecule has 2 aromatic heterocycles. The molecule has 0 saturated carbocycles. The maximum Gasteiger partial charge on any atom is 0.273 e. The fourth-order valence-electron chi connectivity index (χ4n) is 3.56. The quantitative estimate of drug-likeness (QED) is 0.443. The fraction of sp³-hybridized carbons (Fsp3) is 0.240. The molecule has 0 fully saturated rings. The Balaban J connectivity index is 1.38. The van der Waals surface area contributed by atoms with E-state index in [1.54, 1.807) is 13.2 Å². The van der Waals surface area contributed by atoms with Gasteiger partial charge in [0.25, 0.3) is 5.91 Å². The Hall–Kier alpha value is -3.87. The van der Waals surface area contributed by atoms with Gasteiger partial charge in [-0.25, -0.2) is 0 Å². The highest BCUT2D eigenvalue weighted by atomic mass is 16.5. The Morgan fingerprint density at radius 3 is 2.56 bits per heavy atom. The van der Waals surface area contributed by atoms with Crippen molar-refractivity contribution < 1.29 is 18.8 Å². The van der Waals surface area contributed by atoms with E-state index in [4.69, 9.17) is 14.0 Å². The average Bonchev–Trinajstić information content (AvgIpc) is 3.26. The Kier molecular flexibility index (Phi) is 6.35. The van der Waals surface area contributed by atoms with E-state index in [2.05, 4.69) is 15.5 Å². The van der Waals surface area contributed by atoms with Gasteiger partial charge in [0, 0.05) is 40.7 Å². The van der Waals surface area contributed by atoms with E-state index >= 15 is 0 Å². The summed E-state index contributed by atoms with van der Waals surface area (Å²) in [6.45, 7) is 4.03. The number of carbonyl (C=O) groups excluding carboxylic acids is 1. The van der Waals surface area contributed by atoms with Crippen LogP contribution in [0, 0.1) is 6.92 Å². The Morgan fingerprint density at radius 2 is 1.81 bits per heavy atom. The molecule has 0 aliphatic heterocycles. The minimum absolute atomic E-state index is 0.0983. The van der Waals surface area contributed by atoms with Gasteiger partial charge in [-0.15, -0.1) is 0 Å². The molecule has 0 bridgehead atoms. The molecular formula is C25H25N3O4. The van der Waals surface area contributed by atoms with Crippen molar-refractivity contribution in [1.82, 2.24) is 15.5 Å². The number of hydrogen-bond donors (Lipinski definition) is 1. The van der Waals surface area contributed by atoms with E-state index < -0.39 is 0 Å². The number of fused-ring (bicyclic) bond motifs is 1. The summed E-state index contributed by atoms with van der Waals surface area (Å²) < 4.78 is 16.7. The van der Waals surface area contributed by atoms with E-state index in [-0.39, 0.29) is 24.2 Å². The van der Waals surface area contributed by atoms with E-state index in [1.807, 2.05) is 68.4 Å². The number of nitrogens with one attached hydrogen (secondary N) is 1. The summed E-state index contributed by atoms with van der Waals surface area (Å²) in [6.07, 6.45) is 0.631. The van der Waals surface area contributed by atoms with Gasteiger partial charge in [0.05, 0.1) is 7.11 Å². The zero-order chi connectivity index (χ0) is 22.5. The third-order valence-corrected chi connectivity index (χ3v) is 5.06. The highest BCUT2D eigenvalue weighted by molar-refractivity contribution is 5.93. The number of carbonyl (C=O) groups is 1. The summed E-state index contributed by atoms with van der Waals surface area (Å²) in [4.78, 5) is 17.0. The van der Waals surface area contributed by atoms with E-state index in [9.17, 15) is 4.79 Å². The molecule has 2 heterocycles. The number of amides is 1. The topological polar surface area (TPSA) is 86.5 Å². The second kappa shape index (κ2) is 9.51. The first-order chi connectivity index (χ1) is 15.5. The van der Waals surface area contributed by atoms with Crippen molar-refractivity contribution >= 4 is 16.7 Å². The molecule has 7 heteroatoms. The van der Waals surface area contributed by atoms with E-state index in [0.717, 1.165) is 27.9 Å². The van der Waals surface area contributed by atoms with Gasteiger partial charge in [-0.2, -0.15) is 0 Å². The lowest BCUT2D eigenvalue weighted by Crippen LogP contribution is -2.34. The third kappa shape index (κ3) is 4.88. The van der Waals surface area contributed by atoms with Crippen LogP contribution in [0.5, 0.6) is 11.5 Å². The van der Waals surface area contributed by atoms with Crippen LogP contribution in [-0.4, -0.2) is 29.2 Å². The van der Waals surface area contributed by atoms with E-state index in [0.29, 0.717) is 17.9 Å². The highest BCUT2D eigenvalue weighted by Crippen LogP contribution is 2.33.